The Kier molecular flexibility index (Phi) is 6.74. The molecule has 0 radical (unpaired) electrons. The second-order valence-electron chi connectivity index (χ2n) is 4.58. The van der Waals surface area contributed by atoms with Crippen molar-refractivity contribution in [3.8, 4) is 0 Å². The van der Waals surface area contributed by atoms with E-state index in [0.717, 1.165) is 6.92 Å². The summed E-state index contributed by atoms with van der Waals surface area (Å²) in [4.78, 5) is 38.5. The SMILES string of the molecule is CCOC(=O)CON=C(C(C)=O)C(=O)OC(C)(C)C. The average Bonchev–Trinajstić information content (AvgIpc) is 2.21. The van der Waals surface area contributed by atoms with Crippen LogP contribution in [0.1, 0.15) is 34.6 Å². The summed E-state index contributed by atoms with van der Waals surface area (Å²) in [7, 11) is 0. The summed E-state index contributed by atoms with van der Waals surface area (Å²) in [5, 5.41) is 3.32. The molecule has 0 saturated heterocycles. The van der Waals surface area contributed by atoms with Crippen LogP contribution >= 0.6 is 0 Å². The number of oxime groups is 1. The number of hydrogen-bond acceptors (Lipinski definition) is 7. The Hall–Kier alpha value is -1.92. The summed E-state index contributed by atoms with van der Waals surface area (Å²) in [5.74, 6) is -2.15. The van der Waals surface area contributed by atoms with E-state index in [-0.39, 0.29) is 6.61 Å². The summed E-state index contributed by atoms with van der Waals surface area (Å²) < 4.78 is 9.57. The van der Waals surface area contributed by atoms with Gasteiger partial charge in [0.25, 0.3) is 0 Å². The molecule has 7 nitrogen and oxygen atoms in total. The zero-order chi connectivity index (χ0) is 15.1. The van der Waals surface area contributed by atoms with Crippen LogP contribution < -0.4 is 0 Å². The van der Waals surface area contributed by atoms with E-state index in [9.17, 15) is 14.4 Å². The molecule has 0 unspecified atom stereocenters. The first-order valence-corrected chi connectivity index (χ1v) is 5.77. The van der Waals surface area contributed by atoms with Crippen molar-refractivity contribution in [2.24, 2.45) is 5.16 Å². The second-order valence-corrected chi connectivity index (χ2v) is 4.58. The molecular weight excluding hydrogens is 254 g/mol. The fourth-order valence-corrected chi connectivity index (χ4v) is 0.924. The number of nitrogens with zero attached hydrogens (tertiary/aromatic N) is 1. The van der Waals surface area contributed by atoms with Crippen LogP contribution in [0.3, 0.4) is 0 Å². The van der Waals surface area contributed by atoms with Gasteiger partial charge in [-0.25, -0.2) is 9.59 Å². The van der Waals surface area contributed by atoms with Crippen molar-refractivity contribution in [2.45, 2.75) is 40.2 Å². The molecule has 0 atom stereocenters. The van der Waals surface area contributed by atoms with E-state index >= 15 is 0 Å². The maximum absolute atomic E-state index is 11.6. The van der Waals surface area contributed by atoms with Crippen molar-refractivity contribution in [2.75, 3.05) is 13.2 Å². The Morgan fingerprint density at radius 1 is 1.16 bits per heavy atom. The summed E-state index contributed by atoms with van der Waals surface area (Å²) in [5.41, 5.74) is -1.26. The van der Waals surface area contributed by atoms with Gasteiger partial charge in [0, 0.05) is 6.92 Å². The van der Waals surface area contributed by atoms with Crippen LogP contribution in [0.25, 0.3) is 0 Å². The van der Waals surface area contributed by atoms with E-state index in [1.807, 2.05) is 0 Å². The van der Waals surface area contributed by atoms with Gasteiger partial charge in [-0.2, -0.15) is 0 Å². The Balaban J connectivity index is 4.60. The lowest BCUT2D eigenvalue weighted by atomic mass is 10.2. The second kappa shape index (κ2) is 7.50. The molecule has 0 aromatic carbocycles. The minimum Gasteiger partial charge on any atom is -0.463 e. The Morgan fingerprint density at radius 2 is 1.74 bits per heavy atom. The summed E-state index contributed by atoms with van der Waals surface area (Å²) in [6.07, 6.45) is 0. The molecular formula is C12H19NO6. The van der Waals surface area contributed by atoms with Gasteiger partial charge in [0.2, 0.25) is 12.3 Å². The molecule has 0 heterocycles. The fourth-order valence-electron chi connectivity index (χ4n) is 0.924. The minimum absolute atomic E-state index is 0.206. The lowest BCUT2D eigenvalue weighted by Gasteiger charge is -2.19. The van der Waals surface area contributed by atoms with Crippen molar-refractivity contribution in [3.63, 3.8) is 0 Å². The quantitative estimate of drug-likeness (QED) is 0.308. The molecule has 0 aromatic heterocycles. The highest BCUT2D eigenvalue weighted by Gasteiger charge is 2.25. The van der Waals surface area contributed by atoms with Crippen molar-refractivity contribution >= 4 is 23.4 Å². The maximum atomic E-state index is 11.6. The van der Waals surface area contributed by atoms with Gasteiger partial charge < -0.3 is 14.3 Å². The highest BCUT2D eigenvalue weighted by atomic mass is 16.7. The van der Waals surface area contributed by atoms with E-state index in [1.165, 1.54) is 0 Å². The normalized spacial score (nSPS) is 11.7. The van der Waals surface area contributed by atoms with Gasteiger partial charge in [-0.1, -0.05) is 5.16 Å². The summed E-state index contributed by atoms with van der Waals surface area (Å²) in [6, 6.07) is 0. The molecule has 0 spiro atoms. The van der Waals surface area contributed by atoms with Gasteiger partial charge >= 0.3 is 11.9 Å². The van der Waals surface area contributed by atoms with E-state index in [1.54, 1.807) is 27.7 Å². The third-order valence-electron chi connectivity index (χ3n) is 1.57. The van der Waals surface area contributed by atoms with Crippen LogP contribution in [-0.2, 0) is 28.7 Å². The molecule has 0 N–H and O–H groups in total. The molecule has 0 fully saturated rings. The molecule has 0 aliphatic rings. The standard InChI is InChI=1S/C12H19NO6/c1-6-17-9(15)7-18-13-10(8(2)14)11(16)19-12(3,4)5/h6-7H2,1-5H3. The minimum atomic E-state index is -0.899. The maximum Gasteiger partial charge on any atom is 0.364 e. The van der Waals surface area contributed by atoms with Gasteiger partial charge in [-0.3, -0.25) is 4.79 Å². The Labute approximate surface area is 111 Å². The van der Waals surface area contributed by atoms with E-state index in [4.69, 9.17) is 4.74 Å². The number of ether oxygens (including phenoxy) is 2. The highest BCUT2D eigenvalue weighted by molar-refractivity contribution is 6.63. The highest BCUT2D eigenvalue weighted by Crippen LogP contribution is 2.08. The van der Waals surface area contributed by atoms with Crippen LogP contribution in [0.2, 0.25) is 0 Å². The molecule has 0 rings (SSSR count). The molecule has 19 heavy (non-hydrogen) atoms. The monoisotopic (exact) mass is 273 g/mol. The topological polar surface area (TPSA) is 91.3 Å². The van der Waals surface area contributed by atoms with Crippen LogP contribution in [0.4, 0.5) is 0 Å². The van der Waals surface area contributed by atoms with Gasteiger partial charge in [-0.15, -0.1) is 0 Å². The summed E-state index contributed by atoms with van der Waals surface area (Å²) >= 11 is 0. The van der Waals surface area contributed by atoms with Crippen molar-refractivity contribution in [3.05, 3.63) is 0 Å². The average molecular weight is 273 g/mol. The van der Waals surface area contributed by atoms with Crippen LogP contribution in [-0.4, -0.2) is 42.2 Å². The summed E-state index contributed by atoms with van der Waals surface area (Å²) in [6.45, 7) is 7.48. The van der Waals surface area contributed by atoms with Crippen molar-refractivity contribution in [1.82, 2.24) is 0 Å². The molecule has 0 aromatic rings. The third-order valence-corrected chi connectivity index (χ3v) is 1.57. The predicted molar refractivity (Wildman–Crippen MR) is 66.5 cm³/mol. The van der Waals surface area contributed by atoms with Gasteiger partial charge in [0.1, 0.15) is 5.60 Å². The van der Waals surface area contributed by atoms with E-state index < -0.39 is 35.6 Å². The molecule has 0 amide bonds. The third kappa shape index (κ3) is 7.91. The van der Waals surface area contributed by atoms with E-state index in [0.29, 0.717) is 0 Å². The van der Waals surface area contributed by atoms with Gasteiger partial charge in [0.15, 0.2) is 5.78 Å². The number of Topliss-reactive ketones (excluding diaryl/α,β-unsaturated/α-hetero) is 1. The fraction of sp³-hybridized carbons (Fsp3) is 0.667. The molecule has 7 heteroatoms. The van der Waals surface area contributed by atoms with E-state index in [2.05, 4.69) is 14.7 Å². The van der Waals surface area contributed by atoms with Crippen molar-refractivity contribution in [1.29, 1.82) is 0 Å². The number of esters is 2. The zero-order valence-corrected chi connectivity index (χ0v) is 11.8. The first-order valence-electron chi connectivity index (χ1n) is 5.77. The van der Waals surface area contributed by atoms with Gasteiger partial charge in [-0.05, 0) is 27.7 Å². The molecule has 0 bridgehead atoms. The first kappa shape index (κ1) is 17.1. The van der Waals surface area contributed by atoms with Crippen LogP contribution in [0.15, 0.2) is 5.16 Å². The molecule has 108 valence electrons. The van der Waals surface area contributed by atoms with Crippen LogP contribution in [0.5, 0.6) is 0 Å². The molecule has 0 aliphatic heterocycles. The number of rotatable bonds is 6. The number of carbonyl (C=O) groups is 3. The smallest absolute Gasteiger partial charge is 0.364 e. The zero-order valence-electron chi connectivity index (χ0n) is 11.8. The lowest BCUT2D eigenvalue weighted by molar-refractivity contribution is -0.150. The van der Waals surface area contributed by atoms with Gasteiger partial charge in [0.05, 0.1) is 6.61 Å². The molecule has 0 aliphatic carbocycles. The van der Waals surface area contributed by atoms with Crippen molar-refractivity contribution < 1.29 is 28.7 Å². The number of ketones is 1. The molecule has 0 saturated carbocycles. The number of carbonyl (C=O) groups excluding carboxylic acids is 3. The first-order chi connectivity index (χ1) is 8.67. The Bertz CT molecular complexity index is 380. The lowest BCUT2D eigenvalue weighted by Crippen LogP contribution is -2.32. The largest absolute Gasteiger partial charge is 0.463 e. The van der Waals surface area contributed by atoms with Crippen LogP contribution in [0, 0.1) is 0 Å². The number of hydrogen-bond donors (Lipinski definition) is 0. The Morgan fingerprint density at radius 3 is 2.16 bits per heavy atom. The predicted octanol–water partition coefficient (Wildman–Crippen LogP) is 0.853.